The van der Waals surface area contributed by atoms with Gasteiger partial charge < -0.3 is 5.32 Å². The molecule has 0 aliphatic rings. The highest BCUT2D eigenvalue weighted by Crippen LogP contribution is 2.30. The quantitative estimate of drug-likeness (QED) is 0.476. The number of rotatable bonds is 7. The summed E-state index contributed by atoms with van der Waals surface area (Å²) in [5.74, 6) is 0. The van der Waals surface area contributed by atoms with Gasteiger partial charge in [0.25, 0.3) is 0 Å². The van der Waals surface area contributed by atoms with E-state index in [1.54, 1.807) is 24.3 Å². The summed E-state index contributed by atoms with van der Waals surface area (Å²) in [4.78, 5) is 13.6. The minimum Gasteiger partial charge on any atom is -0.335 e. The normalized spacial score (nSPS) is 10.8. The lowest BCUT2D eigenvalue weighted by Crippen LogP contribution is -2.31. The Kier molecular flexibility index (Phi) is 7.06. The summed E-state index contributed by atoms with van der Waals surface area (Å²) in [6.07, 6.45) is 4.35. The smallest absolute Gasteiger partial charge is 0.335 e. The first-order valence-electron chi connectivity index (χ1n) is 9.36. The van der Waals surface area contributed by atoms with Crippen molar-refractivity contribution in [2.75, 3.05) is 6.54 Å². The third-order valence-electron chi connectivity index (χ3n) is 4.34. The minimum atomic E-state index is -0.341. The van der Waals surface area contributed by atoms with Gasteiger partial charge in [0.2, 0.25) is 0 Å². The number of unbranched alkanes of at least 4 members (excludes halogenated alkanes) is 3. The van der Waals surface area contributed by atoms with Gasteiger partial charge in [0.05, 0.1) is 0 Å². The molecule has 7 heteroatoms. The molecule has 3 aromatic rings. The first kappa shape index (κ1) is 20.4. The van der Waals surface area contributed by atoms with Gasteiger partial charge in [-0.3, -0.25) is 0 Å². The lowest BCUT2D eigenvalue weighted by Gasteiger charge is -2.03. The largest absolute Gasteiger partial charge is 0.359 e. The Morgan fingerprint density at radius 2 is 1.36 bits per heavy atom. The molecule has 0 atom stereocenters. The molecule has 5 nitrogen and oxygen atoms in total. The van der Waals surface area contributed by atoms with Crippen molar-refractivity contribution in [3.63, 3.8) is 0 Å². The molecular weight excluding hydrogens is 395 g/mol. The van der Waals surface area contributed by atoms with Gasteiger partial charge in [-0.05, 0) is 30.7 Å². The van der Waals surface area contributed by atoms with Crippen LogP contribution in [-0.4, -0.2) is 27.6 Å². The zero-order valence-electron chi connectivity index (χ0n) is 15.7. The summed E-state index contributed by atoms with van der Waals surface area (Å²) in [6, 6.07) is 14.2. The van der Waals surface area contributed by atoms with Crippen LogP contribution in [0.4, 0.5) is 4.79 Å². The lowest BCUT2D eigenvalue weighted by molar-refractivity contribution is 0.236. The molecule has 0 saturated carbocycles. The molecule has 3 rings (SSSR count). The number of carbonyl (C=O) groups excluding carboxylic acids is 1. The van der Waals surface area contributed by atoms with Crippen molar-refractivity contribution in [1.82, 2.24) is 20.3 Å². The molecule has 1 N–H and O–H groups in total. The summed E-state index contributed by atoms with van der Waals surface area (Å²) >= 11 is 12.0. The first-order valence-corrected chi connectivity index (χ1v) is 10.1. The van der Waals surface area contributed by atoms with Crippen LogP contribution < -0.4 is 5.32 Å². The lowest BCUT2D eigenvalue weighted by atomic mass is 10.1. The molecule has 0 unspecified atom stereocenters. The summed E-state index contributed by atoms with van der Waals surface area (Å²) in [7, 11) is 0. The number of halogens is 2. The van der Waals surface area contributed by atoms with Gasteiger partial charge in [-0.2, -0.15) is 0 Å². The van der Waals surface area contributed by atoms with E-state index >= 15 is 0 Å². The Morgan fingerprint density at radius 3 is 1.82 bits per heavy atom. The standard InChI is InChI=1S/C21H22Cl2N4O/c1-2-3-4-5-14-24-21(28)27-25-19(15-6-10-17(22)11-7-15)20(26-27)16-8-12-18(23)13-9-16/h6-13H,2-5,14H2,1H3,(H,24,28). The number of nitrogens with zero attached hydrogens (tertiary/aromatic N) is 3. The molecule has 1 amide bonds. The van der Waals surface area contributed by atoms with E-state index in [4.69, 9.17) is 23.2 Å². The molecular formula is C21H22Cl2N4O. The second-order valence-electron chi connectivity index (χ2n) is 6.49. The molecule has 146 valence electrons. The van der Waals surface area contributed by atoms with Gasteiger partial charge in [-0.15, -0.1) is 10.2 Å². The van der Waals surface area contributed by atoms with Gasteiger partial charge in [-0.25, -0.2) is 4.79 Å². The predicted octanol–water partition coefficient (Wildman–Crippen LogP) is 6.06. The monoisotopic (exact) mass is 416 g/mol. The van der Waals surface area contributed by atoms with Crippen molar-refractivity contribution in [2.45, 2.75) is 32.6 Å². The number of benzene rings is 2. The van der Waals surface area contributed by atoms with E-state index in [-0.39, 0.29) is 6.03 Å². The topological polar surface area (TPSA) is 59.8 Å². The average Bonchev–Trinajstić information content (AvgIpc) is 3.14. The highest BCUT2D eigenvalue weighted by molar-refractivity contribution is 6.31. The van der Waals surface area contributed by atoms with E-state index in [1.807, 2.05) is 24.3 Å². The fourth-order valence-corrected chi connectivity index (χ4v) is 3.07. The van der Waals surface area contributed by atoms with Crippen LogP contribution in [0.5, 0.6) is 0 Å². The van der Waals surface area contributed by atoms with Crippen LogP contribution in [0.15, 0.2) is 48.5 Å². The average molecular weight is 417 g/mol. The molecule has 0 bridgehead atoms. The van der Waals surface area contributed by atoms with Crippen LogP contribution in [0.25, 0.3) is 22.5 Å². The molecule has 1 aromatic heterocycles. The van der Waals surface area contributed by atoms with Crippen molar-refractivity contribution in [3.05, 3.63) is 58.6 Å². The fourth-order valence-electron chi connectivity index (χ4n) is 2.82. The third-order valence-corrected chi connectivity index (χ3v) is 4.84. The second-order valence-corrected chi connectivity index (χ2v) is 7.37. The van der Waals surface area contributed by atoms with Crippen molar-refractivity contribution < 1.29 is 4.79 Å². The van der Waals surface area contributed by atoms with Gasteiger partial charge in [-0.1, -0.05) is 78.5 Å². The number of hydrogen-bond donors (Lipinski definition) is 1. The number of nitrogens with one attached hydrogen (secondary N) is 1. The van der Waals surface area contributed by atoms with Gasteiger partial charge in [0.1, 0.15) is 11.4 Å². The summed E-state index contributed by atoms with van der Waals surface area (Å²) in [5, 5.41) is 13.0. The zero-order chi connectivity index (χ0) is 19.9. The summed E-state index contributed by atoms with van der Waals surface area (Å²) < 4.78 is 0. The molecule has 28 heavy (non-hydrogen) atoms. The number of amides is 1. The molecule has 0 saturated heterocycles. The van der Waals surface area contributed by atoms with Gasteiger partial charge in [0, 0.05) is 27.7 Å². The van der Waals surface area contributed by atoms with Crippen LogP contribution in [0.2, 0.25) is 10.0 Å². The Morgan fingerprint density at radius 1 is 0.857 bits per heavy atom. The number of hydrogen-bond acceptors (Lipinski definition) is 3. The van der Waals surface area contributed by atoms with Crippen LogP contribution in [0.3, 0.4) is 0 Å². The van der Waals surface area contributed by atoms with Crippen molar-refractivity contribution in [1.29, 1.82) is 0 Å². The summed E-state index contributed by atoms with van der Waals surface area (Å²) in [6.45, 7) is 2.76. The Labute approximate surface area is 174 Å². The Hall–Kier alpha value is -2.37. The van der Waals surface area contributed by atoms with Gasteiger partial charge >= 0.3 is 6.03 Å². The van der Waals surface area contributed by atoms with Crippen LogP contribution in [-0.2, 0) is 0 Å². The fraction of sp³-hybridized carbons (Fsp3) is 0.286. The van der Waals surface area contributed by atoms with Crippen LogP contribution >= 0.6 is 23.2 Å². The van der Waals surface area contributed by atoms with E-state index in [0.717, 1.165) is 41.6 Å². The first-order chi connectivity index (χ1) is 13.6. The van der Waals surface area contributed by atoms with Crippen LogP contribution in [0.1, 0.15) is 32.6 Å². The maximum Gasteiger partial charge on any atom is 0.359 e. The molecule has 0 aliphatic carbocycles. The van der Waals surface area contributed by atoms with Crippen molar-refractivity contribution >= 4 is 29.2 Å². The van der Waals surface area contributed by atoms with E-state index < -0.39 is 0 Å². The van der Waals surface area contributed by atoms with Crippen molar-refractivity contribution in [3.8, 4) is 22.5 Å². The molecule has 0 spiro atoms. The SMILES string of the molecule is CCCCCCNC(=O)n1nc(-c2ccc(Cl)cc2)c(-c2ccc(Cl)cc2)n1. The maximum absolute atomic E-state index is 12.5. The molecule has 0 aliphatic heterocycles. The van der Waals surface area contributed by atoms with E-state index in [1.165, 1.54) is 0 Å². The maximum atomic E-state index is 12.5. The van der Waals surface area contributed by atoms with Crippen LogP contribution in [0, 0.1) is 0 Å². The van der Waals surface area contributed by atoms with Gasteiger partial charge in [0.15, 0.2) is 0 Å². The molecule has 1 heterocycles. The highest BCUT2D eigenvalue weighted by Gasteiger charge is 2.18. The molecule has 0 radical (unpaired) electrons. The molecule has 2 aromatic carbocycles. The number of aromatic nitrogens is 3. The minimum absolute atomic E-state index is 0.341. The summed E-state index contributed by atoms with van der Waals surface area (Å²) in [5.41, 5.74) is 2.88. The van der Waals surface area contributed by atoms with E-state index in [9.17, 15) is 4.79 Å². The van der Waals surface area contributed by atoms with E-state index in [0.29, 0.717) is 28.0 Å². The van der Waals surface area contributed by atoms with E-state index in [2.05, 4.69) is 22.4 Å². The second kappa shape index (κ2) is 9.71. The Bertz CT molecular complexity index is 858. The predicted molar refractivity (Wildman–Crippen MR) is 114 cm³/mol. The van der Waals surface area contributed by atoms with Crippen molar-refractivity contribution in [2.24, 2.45) is 0 Å². The molecule has 0 fully saturated rings. The highest BCUT2D eigenvalue weighted by atomic mass is 35.5. The Balaban J connectivity index is 1.88. The number of carbonyl (C=O) groups is 1. The third kappa shape index (κ3) is 5.12. The zero-order valence-corrected chi connectivity index (χ0v) is 17.2.